The quantitative estimate of drug-likeness (QED) is 0.822. The molecule has 0 unspecified atom stereocenters. The molecule has 4 nitrogen and oxygen atoms in total. The number of imidazole rings is 1. The smallest absolute Gasteiger partial charge is 0.177 e. The summed E-state index contributed by atoms with van der Waals surface area (Å²) in [5.41, 5.74) is 1.59. The molecule has 2 N–H and O–H groups in total. The molecule has 0 saturated carbocycles. The van der Waals surface area contributed by atoms with Crippen LogP contribution in [0.15, 0.2) is 18.3 Å². The van der Waals surface area contributed by atoms with E-state index in [2.05, 4.69) is 10.3 Å². The first-order valence-electron chi connectivity index (χ1n) is 7.14. The van der Waals surface area contributed by atoms with Crippen LogP contribution in [0.3, 0.4) is 0 Å². The third-order valence-electron chi connectivity index (χ3n) is 3.85. The molecule has 0 aliphatic carbocycles. The van der Waals surface area contributed by atoms with Crippen LogP contribution in [-0.4, -0.2) is 29.8 Å². The van der Waals surface area contributed by atoms with E-state index in [0.29, 0.717) is 23.4 Å². The number of hydrogen-bond donors (Lipinski definition) is 2. The molecule has 1 atom stereocenters. The molecular weight excluding hydrogens is 344 g/mol. The van der Waals surface area contributed by atoms with Crippen molar-refractivity contribution < 1.29 is 13.5 Å². The van der Waals surface area contributed by atoms with Crippen LogP contribution in [0.2, 0.25) is 0 Å². The van der Waals surface area contributed by atoms with Crippen molar-refractivity contribution in [2.75, 3.05) is 20.2 Å². The highest BCUT2D eigenvalue weighted by atomic mass is 35.5. The van der Waals surface area contributed by atoms with E-state index in [1.54, 1.807) is 0 Å². The van der Waals surface area contributed by atoms with Crippen molar-refractivity contribution in [2.45, 2.75) is 18.9 Å². The van der Waals surface area contributed by atoms with Crippen LogP contribution < -0.4 is 10.1 Å². The summed E-state index contributed by atoms with van der Waals surface area (Å²) >= 11 is 5.34. The lowest BCUT2D eigenvalue weighted by atomic mass is 10.0. The van der Waals surface area contributed by atoms with E-state index in [-0.39, 0.29) is 24.2 Å². The number of benzene rings is 1. The normalized spacial score (nSPS) is 16.4. The summed E-state index contributed by atoms with van der Waals surface area (Å²) in [6.07, 6.45) is 3.18. The molecule has 23 heavy (non-hydrogen) atoms. The third-order valence-corrected chi connectivity index (χ3v) is 4.16. The Kier molecular flexibility index (Phi) is 5.78. The fourth-order valence-corrected chi connectivity index (χ4v) is 3.17. The van der Waals surface area contributed by atoms with Crippen LogP contribution in [0.1, 0.15) is 17.3 Å². The van der Waals surface area contributed by atoms with E-state index in [0.717, 1.165) is 24.7 Å². The number of aromatic amines is 1. The van der Waals surface area contributed by atoms with Gasteiger partial charge in [0.1, 0.15) is 12.4 Å². The van der Waals surface area contributed by atoms with Gasteiger partial charge in [0.15, 0.2) is 16.3 Å². The number of rotatable bonds is 4. The zero-order valence-corrected chi connectivity index (χ0v) is 14.2. The van der Waals surface area contributed by atoms with Crippen LogP contribution in [0, 0.1) is 16.4 Å². The number of fused-ring (bicyclic) bond motifs is 1. The standard InChI is InChI=1S/C15H17F2N3OS.ClH/c1-18-3-2-11-7-19-15(22)20(11)12-5-9-4-10(16)6-13(17)14(9)21-8-12;/h4,6-7,12,18H,2-3,5,8H2,1H3,(H,19,22);1H/t12-;/m0./s1. The van der Waals surface area contributed by atoms with E-state index in [1.165, 1.54) is 6.07 Å². The van der Waals surface area contributed by atoms with Gasteiger partial charge in [0.05, 0.1) is 6.04 Å². The van der Waals surface area contributed by atoms with Gasteiger partial charge in [0.2, 0.25) is 0 Å². The molecule has 0 fully saturated rings. The lowest BCUT2D eigenvalue weighted by Crippen LogP contribution is -2.27. The topological polar surface area (TPSA) is 42.0 Å². The molecule has 0 radical (unpaired) electrons. The van der Waals surface area contributed by atoms with E-state index in [9.17, 15) is 8.78 Å². The molecule has 0 bridgehead atoms. The zero-order valence-electron chi connectivity index (χ0n) is 12.6. The van der Waals surface area contributed by atoms with Crippen molar-refractivity contribution in [3.8, 4) is 5.75 Å². The Morgan fingerprint density at radius 3 is 2.96 bits per heavy atom. The Hall–Kier alpha value is -1.44. The second-order valence-electron chi connectivity index (χ2n) is 5.35. The maximum atomic E-state index is 13.7. The van der Waals surface area contributed by atoms with Crippen LogP contribution in [0.25, 0.3) is 0 Å². The molecule has 0 saturated heterocycles. The Bertz CT molecular complexity index is 747. The van der Waals surface area contributed by atoms with E-state index < -0.39 is 11.6 Å². The van der Waals surface area contributed by atoms with Crippen molar-refractivity contribution in [1.82, 2.24) is 14.9 Å². The maximum absolute atomic E-state index is 13.7. The maximum Gasteiger partial charge on any atom is 0.177 e. The van der Waals surface area contributed by atoms with Crippen LogP contribution in [-0.2, 0) is 12.8 Å². The Labute approximate surface area is 144 Å². The monoisotopic (exact) mass is 361 g/mol. The lowest BCUT2D eigenvalue weighted by molar-refractivity contribution is 0.210. The predicted octanol–water partition coefficient (Wildman–Crippen LogP) is 3.18. The summed E-state index contributed by atoms with van der Waals surface area (Å²) in [6.45, 7) is 1.13. The summed E-state index contributed by atoms with van der Waals surface area (Å²) in [5.74, 6) is -1.09. The van der Waals surface area contributed by atoms with Crippen LogP contribution in [0.4, 0.5) is 8.78 Å². The Morgan fingerprint density at radius 1 is 1.43 bits per heavy atom. The molecule has 1 aliphatic heterocycles. The number of nitrogens with zero attached hydrogens (tertiary/aromatic N) is 1. The molecule has 0 amide bonds. The molecular formula is C15H18ClF2N3OS. The summed E-state index contributed by atoms with van der Waals surface area (Å²) in [4.78, 5) is 3.04. The van der Waals surface area contributed by atoms with Gasteiger partial charge < -0.3 is 19.6 Å². The van der Waals surface area contributed by atoms with Crippen molar-refractivity contribution in [3.63, 3.8) is 0 Å². The lowest BCUT2D eigenvalue weighted by Gasteiger charge is -2.28. The van der Waals surface area contributed by atoms with Crippen molar-refractivity contribution >= 4 is 24.6 Å². The van der Waals surface area contributed by atoms with Crippen LogP contribution >= 0.6 is 24.6 Å². The van der Waals surface area contributed by atoms with Gasteiger partial charge in [0, 0.05) is 42.9 Å². The molecule has 1 aliphatic rings. The molecule has 2 heterocycles. The van der Waals surface area contributed by atoms with Gasteiger partial charge in [-0.2, -0.15) is 0 Å². The Balaban J connectivity index is 0.00000192. The van der Waals surface area contributed by atoms with Crippen molar-refractivity contribution in [1.29, 1.82) is 0 Å². The van der Waals surface area contributed by atoms with Gasteiger partial charge in [0.25, 0.3) is 0 Å². The highest BCUT2D eigenvalue weighted by molar-refractivity contribution is 7.71. The van der Waals surface area contributed by atoms with E-state index in [1.807, 2.05) is 17.8 Å². The Morgan fingerprint density at radius 2 is 2.22 bits per heavy atom. The predicted molar refractivity (Wildman–Crippen MR) is 89.1 cm³/mol. The van der Waals surface area contributed by atoms with Gasteiger partial charge in [-0.3, -0.25) is 0 Å². The molecule has 126 valence electrons. The molecule has 1 aromatic carbocycles. The average Bonchev–Trinajstić information content (AvgIpc) is 2.85. The second-order valence-corrected chi connectivity index (χ2v) is 5.74. The molecule has 8 heteroatoms. The van der Waals surface area contributed by atoms with E-state index >= 15 is 0 Å². The number of H-pyrrole nitrogens is 1. The summed E-state index contributed by atoms with van der Waals surface area (Å²) in [6, 6.07) is 2.10. The molecule has 0 spiro atoms. The average molecular weight is 362 g/mol. The van der Waals surface area contributed by atoms with Gasteiger partial charge in [-0.25, -0.2) is 8.78 Å². The number of halogens is 3. The summed E-state index contributed by atoms with van der Waals surface area (Å²) in [7, 11) is 1.89. The third kappa shape index (κ3) is 3.57. The summed E-state index contributed by atoms with van der Waals surface area (Å²) in [5, 5.41) is 3.09. The number of nitrogens with one attached hydrogen (secondary N) is 2. The first-order chi connectivity index (χ1) is 10.6. The van der Waals surface area contributed by atoms with Gasteiger partial charge in [-0.15, -0.1) is 12.4 Å². The van der Waals surface area contributed by atoms with Gasteiger partial charge in [-0.1, -0.05) is 0 Å². The molecule has 3 rings (SSSR count). The number of likely N-dealkylation sites (N-methyl/N-ethyl adjacent to an activating group) is 1. The van der Waals surface area contributed by atoms with Crippen molar-refractivity contribution in [2.24, 2.45) is 0 Å². The van der Waals surface area contributed by atoms with Crippen LogP contribution in [0.5, 0.6) is 5.75 Å². The minimum atomic E-state index is -0.651. The minimum Gasteiger partial charge on any atom is -0.488 e. The number of aromatic nitrogens is 2. The summed E-state index contributed by atoms with van der Waals surface area (Å²) < 4.78 is 35.2. The largest absolute Gasteiger partial charge is 0.488 e. The SMILES string of the molecule is CNCCc1c[nH]c(=S)n1[C@@H]1COc2c(F)cc(F)cc2C1.Cl. The first kappa shape index (κ1) is 17.9. The molecule has 1 aromatic heterocycles. The highest BCUT2D eigenvalue weighted by Crippen LogP contribution is 2.33. The first-order valence-corrected chi connectivity index (χ1v) is 7.55. The second kappa shape index (κ2) is 7.42. The number of ether oxygens (including phenoxy) is 1. The van der Waals surface area contributed by atoms with Gasteiger partial charge in [-0.05, 0) is 25.3 Å². The molecule has 2 aromatic rings. The highest BCUT2D eigenvalue weighted by Gasteiger charge is 2.26. The van der Waals surface area contributed by atoms with Gasteiger partial charge >= 0.3 is 0 Å². The minimum absolute atomic E-state index is 0. The zero-order chi connectivity index (χ0) is 15.7. The van der Waals surface area contributed by atoms with E-state index in [4.69, 9.17) is 17.0 Å². The number of hydrogen-bond acceptors (Lipinski definition) is 3. The fraction of sp³-hybridized carbons (Fsp3) is 0.400. The van der Waals surface area contributed by atoms with Crippen molar-refractivity contribution in [3.05, 3.63) is 46.0 Å². The fourth-order valence-electron chi connectivity index (χ4n) is 2.85.